The molecule has 0 N–H and O–H groups in total. The number of piperidine rings is 1. The molecule has 1 unspecified atom stereocenters. The van der Waals surface area contributed by atoms with E-state index in [0.29, 0.717) is 18.0 Å². The highest BCUT2D eigenvalue weighted by Crippen LogP contribution is 2.30. The molecular formula is C27H31N5O2S. The van der Waals surface area contributed by atoms with Crippen LogP contribution >= 0.6 is 11.3 Å². The molecule has 35 heavy (non-hydrogen) atoms. The van der Waals surface area contributed by atoms with Crippen LogP contribution in [0, 0.1) is 19.8 Å². The van der Waals surface area contributed by atoms with Gasteiger partial charge in [0.15, 0.2) is 0 Å². The minimum Gasteiger partial charge on any atom is -0.368 e. The molecule has 2 aliphatic heterocycles. The third-order valence-corrected chi connectivity index (χ3v) is 8.11. The fourth-order valence-corrected chi connectivity index (χ4v) is 6.01. The van der Waals surface area contributed by atoms with Gasteiger partial charge < -0.3 is 14.7 Å². The molecule has 2 amide bonds. The monoisotopic (exact) mass is 489 g/mol. The van der Waals surface area contributed by atoms with Gasteiger partial charge in [0.05, 0.1) is 11.6 Å². The molecule has 4 heterocycles. The highest BCUT2D eigenvalue weighted by Gasteiger charge is 2.34. The molecule has 2 aliphatic rings. The lowest BCUT2D eigenvalue weighted by Crippen LogP contribution is -2.53. The van der Waals surface area contributed by atoms with E-state index in [-0.39, 0.29) is 17.7 Å². The molecule has 1 atom stereocenters. The Hall–Kier alpha value is -3.26. The number of carbonyl (C=O) groups excluding carboxylic acids is 2. The fraction of sp³-hybridized carbons (Fsp3) is 0.407. The molecule has 5 rings (SSSR count). The lowest BCUT2D eigenvalue weighted by atomic mass is 9.96. The summed E-state index contributed by atoms with van der Waals surface area (Å²) in [6, 6.07) is 12.3. The Balaban J connectivity index is 1.21. The van der Waals surface area contributed by atoms with Crippen molar-refractivity contribution in [3.8, 4) is 10.6 Å². The van der Waals surface area contributed by atoms with Crippen LogP contribution in [-0.2, 0) is 4.79 Å². The van der Waals surface area contributed by atoms with Crippen molar-refractivity contribution < 1.29 is 9.59 Å². The van der Waals surface area contributed by atoms with E-state index in [4.69, 9.17) is 0 Å². The molecule has 182 valence electrons. The van der Waals surface area contributed by atoms with Gasteiger partial charge in [-0.05, 0) is 56.5 Å². The summed E-state index contributed by atoms with van der Waals surface area (Å²) in [5.74, 6) is 0.0321. The average molecular weight is 490 g/mol. The Kier molecular flexibility index (Phi) is 6.81. The maximum atomic E-state index is 13.4. The first kappa shape index (κ1) is 23.5. The van der Waals surface area contributed by atoms with Crippen molar-refractivity contribution in [3.63, 3.8) is 0 Å². The summed E-state index contributed by atoms with van der Waals surface area (Å²) in [7, 11) is 0. The third kappa shape index (κ3) is 5.07. The predicted octanol–water partition coefficient (Wildman–Crippen LogP) is 4.02. The first-order chi connectivity index (χ1) is 17.0. The highest BCUT2D eigenvalue weighted by molar-refractivity contribution is 7.17. The molecule has 2 fully saturated rings. The number of pyridine rings is 1. The second-order valence-corrected chi connectivity index (χ2v) is 10.4. The smallest absolute Gasteiger partial charge is 0.265 e. The second kappa shape index (κ2) is 10.2. The standard InChI is InChI=1S/C27H31N5O2S/c1-19-6-3-9-23(16-19)30-12-14-31(15-13-30)26(33)22-8-5-11-32(18-22)27(34)24-20(2)29-25(35-24)21-7-4-10-28-17-21/h3-4,6-7,9-10,16-17,22H,5,8,11-15,18H2,1-2H3. The van der Waals surface area contributed by atoms with E-state index >= 15 is 0 Å². The lowest BCUT2D eigenvalue weighted by Gasteiger charge is -2.39. The van der Waals surface area contributed by atoms with Gasteiger partial charge in [0.1, 0.15) is 9.88 Å². The number of benzene rings is 1. The van der Waals surface area contributed by atoms with Crippen molar-refractivity contribution in [2.45, 2.75) is 26.7 Å². The van der Waals surface area contributed by atoms with E-state index in [0.717, 1.165) is 55.3 Å². The van der Waals surface area contributed by atoms with Crippen LogP contribution in [0.3, 0.4) is 0 Å². The fourth-order valence-electron chi connectivity index (χ4n) is 4.98. The van der Waals surface area contributed by atoms with E-state index in [1.54, 1.807) is 12.4 Å². The Morgan fingerprint density at radius 1 is 1.00 bits per heavy atom. The number of piperazine rings is 1. The molecule has 8 heteroatoms. The number of aryl methyl sites for hydroxylation is 2. The number of hydrogen-bond acceptors (Lipinski definition) is 6. The number of likely N-dealkylation sites (tertiary alicyclic amines) is 1. The SMILES string of the molecule is Cc1cccc(N2CCN(C(=O)C3CCCN(C(=O)c4sc(-c5cccnc5)nc4C)C3)CC2)c1. The van der Waals surface area contributed by atoms with Gasteiger partial charge in [-0.3, -0.25) is 14.6 Å². The number of carbonyl (C=O) groups is 2. The van der Waals surface area contributed by atoms with Gasteiger partial charge in [-0.2, -0.15) is 0 Å². The Morgan fingerprint density at radius 3 is 2.57 bits per heavy atom. The van der Waals surface area contributed by atoms with Crippen LogP contribution in [0.4, 0.5) is 5.69 Å². The number of thiazole rings is 1. The van der Waals surface area contributed by atoms with E-state index in [1.807, 2.05) is 28.9 Å². The van der Waals surface area contributed by atoms with Crippen molar-refractivity contribution in [2.75, 3.05) is 44.2 Å². The molecule has 0 radical (unpaired) electrons. The molecule has 7 nitrogen and oxygen atoms in total. The summed E-state index contributed by atoms with van der Waals surface area (Å²) in [5.41, 5.74) is 4.12. The Morgan fingerprint density at radius 2 is 1.83 bits per heavy atom. The molecule has 2 saturated heterocycles. The van der Waals surface area contributed by atoms with Crippen LogP contribution in [0.1, 0.15) is 33.8 Å². The summed E-state index contributed by atoms with van der Waals surface area (Å²) in [6.45, 7) is 8.26. The van der Waals surface area contributed by atoms with Gasteiger partial charge in [-0.25, -0.2) is 4.98 Å². The number of nitrogens with zero attached hydrogens (tertiary/aromatic N) is 5. The number of hydrogen-bond donors (Lipinski definition) is 0. The molecule has 0 spiro atoms. The van der Waals surface area contributed by atoms with Gasteiger partial charge in [0.25, 0.3) is 5.91 Å². The molecule has 2 aromatic heterocycles. The maximum Gasteiger partial charge on any atom is 0.265 e. The van der Waals surface area contributed by atoms with Crippen molar-refractivity contribution in [1.82, 2.24) is 19.8 Å². The molecule has 3 aromatic rings. The van der Waals surface area contributed by atoms with E-state index in [9.17, 15) is 9.59 Å². The van der Waals surface area contributed by atoms with Crippen molar-refractivity contribution in [1.29, 1.82) is 0 Å². The van der Waals surface area contributed by atoms with Crippen LogP contribution in [0.25, 0.3) is 10.6 Å². The van der Waals surface area contributed by atoms with E-state index in [2.05, 4.69) is 46.1 Å². The minimum absolute atomic E-state index is 0.0168. The third-order valence-electron chi connectivity index (χ3n) is 6.92. The number of aromatic nitrogens is 2. The van der Waals surface area contributed by atoms with Gasteiger partial charge in [0.2, 0.25) is 5.91 Å². The van der Waals surface area contributed by atoms with Crippen LogP contribution in [0.5, 0.6) is 0 Å². The Labute approximate surface area is 210 Å². The minimum atomic E-state index is -0.135. The quantitative estimate of drug-likeness (QED) is 0.554. The zero-order chi connectivity index (χ0) is 24.4. The van der Waals surface area contributed by atoms with E-state index in [1.165, 1.54) is 22.6 Å². The summed E-state index contributed by atoms with van der Waals surface area (Å²) in [6.07, 6.45) is 5.17. The van der Waals surface area contributed by atoms with E-state index < -0.39 is 0 Å². The first-order valence-electron chi connectivity index (χ1n) is 12.3. The average Bonchev–Trinajstić information content (AvgIpc) is 3.30. The second-order valence-electron chi connectivity index (χ2n) is 9.42. The summed E-state index contributed by atoms with van der Waals surface area (Å²) in [5, 5.41) is 0.801. The van der Waals surface area contributed by atoms with Crippen LogP contribution in [0.15, 0.2) is 48.8 Å². The number of rotatable bonds is 4. The zero-order valence-corrected chi connectivity index (χ0v) is 21.1. The van der Waals surface area contributed by atoms with Gasteiger partial charge >= 0.3 is 0 Å². The molecule has 1 aromatic carbocycles. The summed E-state index contributed by atoms with van der Waals surface area (Å²) < 4.78 is 0. The lowest BCUT2D eigenvalue weighted by molar-refractivity contribution is -0.137. The molecule has 0 saturated carbocycles. The predicted molar refractivity (Wildman–Crippen MR) is 139 cm³/mol. The van der Waals surface area contributed by atoms with Crippen molar-refractivity contribution >= 4 is 28.8 Å². The van der Waals surface area contributed by atoms with Crippen LogP contribution < -0.4 is 4.90 Å². The van der Waals surface area contributed by atoms with Crippen molar-refractivity contribution in [2.24, 2.45) is 5.92 Å². The molecular weight excluding hydrogens is 458 g/mol. The van der Waals surface area contributed by atoms with Gasteiger partial charge in [-0.15, -0.1) is 11.3 Å². The van der Waals surface area contributed by atoms with Crippen LogP contribution in [0.2, 0.25) is 0 Å². The first-order valence-corrected chi connectivity index (χ1v) is 13.1. The largest absolute Gasteiger partial charge is 0.368 e. The van der Waals surface area contributed by atoms with Crippen molar-refractivity contribution in [3.05, 3.63) is 64.9 Å². The Bertz CT molecular complexity index is 1200. The zero-order valence-electron chi connectivity index (χ0n) is 20.3. The summed E-state index contributed by atoms with van der Waals surface area (Å²) >= 11 is 1.41. The summed E-state index contributed by atoms with van der Waals surface area (Å²) in [4.78, 5) is 42.4. The number of amides is 2. The molecule has 0 aliphatic carbocycles. The normalized spacial score (nSPS) is 18.6. The topological polar surface area (TPSA) is 69.6 Å². The maximum absolute atomic E-state index is 13.4. The van der Waals surface area contributed by atoms with Crippen LogP contribution in [-0.4, -0.2) is 70.9 Å². The van der Waals surface area contributed by atoms with Gasteiger partial charge in [0, 0.05) is 62.9 Å². The molecule has 0 bridgehead atoms. The van der Waals surface area contributed by atoms with Gasteiger partial charge in [-0.1, -0.05) is 12.1 Å². The number of anilines is 1. The highest BCUT2D eigenvalue weighted by atomic mass is 32.1.